The third-order valence-corrected chi connectivity index (χ3v) is 3.74. The van der Waals surface area contributed by atoms with Crippen molar-refractivity contribution in [2.24, 2.45) is 5.41 Å². The summed E-state index contributed by atoms with van der Waals surface area (Å²) in [6, 6.07) is 0. The lowest BCUT2D eigenvalue weighted by atomic mass is 9.88. The highest BCUT2D eigenvalue weighted by atomic mass is 16.5. The second kappa shape index (κ2) is 5.45. The van der Waals surface area contributed by atoms with E-state index in [1.165, 1.54) is 19.3 Å². The molecule has 4 nitrogen and oxygen atoms in total. The molecule has 0 fully saturated rings. The second-order valence-corrected chi connectivity index (χ2v) is 6.43. The van der Waals surface area contributed by atoms with Crippen LogP contribution in [0.1, 0.15) is 63.2 Å². The van der Waals surface area contributed by atoms with Crippen LogP contribution in [0, 0.1) is 5.41 Å². The maximum absolute atomic E-state index is 6.14. The van der Waals surface area contributed by atoms with Gasteiger partial charge >= 0.3 is 0 Å². The number of nitrogens with zero attached hydrogens (tertiary/aromatic N) is 2. The van der Waals surface area contributed by atoms with Gasteiger partial charge in [-0.05, 0) is 31.1 Å². The first kappa shape index (κ1) is 14.3. The van der Waals surface area contributed by atoms with Gasteiger partial charge in [-0.2, -0.15) is 0 Å². The molecule has 0 amide bonds. The van der Waals surface area contributed by atoms with Crippen molar-refractivity contribution in [1.82, 2.24) is 9.97 Å². The minimum absolute atomic E-state index is 0.0415. The number of hydrogen-bond acceptors (Lipinski definition) is 4. The van der Waals surface area contributed by atoms with Crippen molar-refractivity contribution in [3.8, 4) is 0 Å². The molecule has 1 aliphatic carbocycles. The Balaban J connectivity index is 2.43. The van der Waals surface area contributed by atoms with E-state index in [1.807, 2.05) is 0 Å². The van der Waals surface area contributed by atoms with Crippen LogP contribution < -0.4 is 5.73 Å². The Hall–Kier alpha value is -1.16. The molecule has 0 bridgehead atoms. The van der Waals surface area contributed by atoms with E-state index in [1.54, 1.807) is 7.11 Å². The first-order chi connectivity index (χ1) is 8.93. The molecular formula is C15H25N3O. The highest BCUT2D eigenvalue weighted by molar-refractivity contribution is 5.43. The lowest BCUT2D eigenvalue weighted by molar-refractivity contribution is 0.00859. The quantitative estimate of drug-likeness (QED) is 0.833. The van der Waals surface area contributed by atoms with E-state index in [0.29, 0.717) is 5.82 Å². The van der Waals surface area contributed by atoms with Crippen LogP contribution in [-0.2, 0) is 17.6 Å². The van der Waals surface area contributed by atoms with Gasteiger partial charge in [0.05, 0.1) is 0 Å². The molecule has 0 saturated carbocycles. The van der Waals surface area contributed by atoms with Crippen molar-refractivity contribution in [2.75, 3.05) is 12.8 Å². The number of nitrogens with two attached hydrogens (primary N) is 1. The Bertz CT molecular complexity index is 451. The summed E-state index contributed by atoms with van der Waals surface area (Å²) in [6.07, 6.45) is 5.52. The average molecular weight is 263 g/mol. The number of fused-ring (bicyclic) bond motifs is 1. The fraction of sp³-hybridized carbons (Fsp3) is 0.733. The van der Waals surface area contributed by atoms with E-state index in [4.69, 9.17) is 15.5 Å². The van der Waals surface area contributed by atoms with Crippen LogP contribution in [0.25, 0.3) is 0 Å². The smallest absolute Gasteiger partial charge is 0.160 e. The summed E-state index contributed by atoms with van der Waals surface area (Å²) in [6.45, 7) is 6.39. The van der Waals surface area contributed by atoms with Gasteiger partial charge in [0.2, 0.25) is 0 Å². The molecule has 1 aromatic rings. The Kier molecular flexibility index (Phi) is 4.09. The summed E-state index contributed by atoms with van der Waals surface area (Å²) in [7, 11) is 1.71. The Morgan fingerprint density at radius 2 is 1.79 bits per heavy atom. The third-order valence-electron chi connectivity index (χ3n) is 3.74. The van der Waals surface area contributed by atoms with Crippen molar-refractivity contribution in [3.63, 3.8) is 0 Å². The summed E-state index contributed by atoms with van der Waals surface area (Å²) in [5.41, 5.74) is 8.39. The summed E-state index contributed by atoms with van der Waals surface area (Å²) in [5.74, 6) is 1.38. The third kappa shape index (κ3) is 3.06. The van der Waals surface area contributed by atoms with Crippen molar-refractivity contribution < 1.29 is 4.74 Å². The maximum atomic E-state index is 6.14. The van der Waals surface area contributed by atoms with Gasteiger partial charge in [-0.15, -0.1) is 0 Å². The number of rotatable bonds is 2. The number of aromatic nitrogens is 2. The van der Waals surface area contributed by atoms with Crippen LogP contribution in [0.15, 0.2) is 0 Å². The Morgan fingerprint density at radius 1 is 1.11 bits per heavy atom. The molecule has 1 unspecified atom stereocenters. The summed E-state index contributed by atoms with van der Waals surface area (Å²) >= 11 is 0. The van der Waals surface area contributed by atoms with E-state index in [2.05, 4.69) is 25.8 Å². The zero-order valence-corrected chi connectivity index (χ0v) is 12.5. The molecule has 19 heavy (non-hydrogen) atoms. The molecule has 0 aliphatic heterocycles. The standard InChI is InChI=1S/C15H25N3O/c1-15(2,3)12(19-4)14-17-11-9-7-5-6-8-10(11)13(16)18-14/h12H,5-9H2,1-4H3,(H2,16,17,18). The Labute approximate surface area is 115 Å². The molecule has 4 heteroatoms. The lowest BCUT2D eigenvalue weighted by Gasteiger charge is -2.28. The fourth-order valence-corrected chi connectivity index (χ4v) is 2.78. The van der Waals surface area contributed by atoms with Crippen LogP contribution in [0.4, 0.5) is 5.82 Å². The number of ether oxygens (including phenoxy) is 1. The summed E-state index contributed by atoms with van der Waals surface area (Å²) in [4.78, 5) is 9.26. The number of methoxy groups -OCH3 is 1. The van der Waals surface area contributed by atoms with Crippen LogP contribution in [0.3, 0.4) is 0 Å². The van der Waals surface area contributed by atoms with Crippen molar-refractivity contribution in [3.05, 3.63) is 17.1 Å². The van der Waals surface area contributed by atoms with Gasteiger partial charge in [-0.3, -0.25) is 0 Å². The first-order valence-electron chi connectivity index (χ1n) is 7.11. The maximum Gasteiger partial charge on any atom is 0.160 e. The topological polar surface area (TPSA) is 61.0 Å². The monoisotopic (exact) mass is 263 g/mol. The molecule has 2 N–H and O–H groups in total. The van der Waals surface area contributed by atoms with Crippen LogP contribution in [0.5, 0.6) is 0 Å². The molecule has 0 radical (unpaired) electrons. The molecule has 106 valence electrons. The molecular weight excluding hydrogens is 238 g/mol. The number of aryl methyl sites for hydroxylation is 1. The first-order valence-corrected chi connectivity index (χ1v) is 7.11. The average Bonchev–Trinajstić information content (AvgIpc) is 2.53. The summed E-state index contributed by atoms with van der Waals surface area (Å²) < 4.78 is 5.60. The van der Waals surface area contributed by atoms with Crippen LogP contribution in [0.2, 0.25) is 0 Å². The molecule has 0 aromatic carbocycles. The van der Waals surface area contributed by atoms with E-state index in [0.717, 1.165) is 29.9 Å². The minimum atomic E-state index is -0.122. The summed E-state index contributed by atoms with van der Waals surface area (Å²) in [5, 5.41) is 0. The number of nitrogen functional groups attached to an aromatic ring is 1. The van der Waals surface area contributed by atoms with Crippen LogP contribution >= 0.6 is 0 Å². The predicted molar refractivity (Wildman–Crippen MR) is 76.9 cm³/mol. The van der Waals surface area contributed by atoms with Crippen LogP contribution in [-0.4, -0.2) is 17.1 Å². The molecule has 1 atom stereocenters. The molecule has 0 saturated heterocycles. The van der Waals surface area contributed by atoms with Gasteiger partial charge in [-0.1, -0.05) is 27.2 Å². The fourth-order valence-electron chi connectivity index (χ4n) is 2.78. The van der Waals surface area contributed by atoms with E-state index in [-0.39, 0.29) is 11.5 Å². The van der Waals surface area contributed by atoms with E-state index in [9.17, 15) is 0 Å². The lowest BCUT2D eigenvalue weighted by Crippen LogP contribution is -2.24. The van der Waals surface area contributed by atoms with Gasteiger partial charge in [0.25, 0.3) is 0 Å². The highest BCUT2D eigenvalue weighted by Gasteiger charge is 2.30. The molecule has 1 aliphatic rings. The largest absolute Gasteiger partial charge is 0.383 e. The van der Waals surface area contributed by atoms with Crippen molar-refractivity contribution >= 4 is 5.82 Å². The van der Waals surface area contributed by atoms with Gasteiger partial charge in [0.15, 0.2) is 5.82 Å². The molecule has 1 heterocycles. The second-order valence-electron chi connectivity index (χ2n) is 6.43. The van der Waals surface area contributed by atoms with Gasteiger partial charge in [0.1, 0.15) is 11.9 Å². The molecule has 0 spiro atoms. The zero-order chi connectivity index (χ0) is 14.0. The van der Waals surface area contributed by atoms with Crippen molar-refractivity contribution in [2.45, 2.75) is 59.0 Å². The minimum Gasteiger partial charge on any atom is -0.383 e. The van der Waals surface area contributed by atoms with Gasteiger partial charge in [0, 0.05) is 18.4 Å². The normalized spacial score (nSPS) is 17.7. The van der Waals surface area contributed by atoms with Gasteiger partial charge in [-0.25, -0.2) is 9.97 Å². The number of hydrogen-bond donors (Lipinski definition) is 1. The molecule has 2 rings (SSSR count). The van der Waals surface area contributed by atoms with E-state index >= 15 is 0 Å². The highest BCUT2D eigenvalue weighted by Crippen LogP contribution is 2.35. The predicted octanol–water partition coefficient (Wildman–Crippen LogP) is 3.06. The van der Waals surface area contributed by atoms with E-state index < -0.39 is 0 Å². The molecule has 1 aromatic heterocycles. The zero-order valence-electron chi connectivity index (χ0n) is 12.5. The Morgan fingerprint density at radius 3 is 2.42 bits per heavy atom. The van der Waals surface area contributed by atoms with Gasteiger partial charge < -0.3 is 10.5 Å². The SMILES string of the molecule is COC(c1nc(N)c2c(n1)CCCCC2)C(C)(C)C. The number of anilines is 1. The van der Waals surface area contributed by atoms with Crippen molar-refractivity contribution in [1.29, 1.82) is 0 Å².